The molecule has 1 unspecified atom stereocenters. The number of aryl methyl sites for hydroxylation is 1. The van der Waals surface area contributed by atoms with Crippen molar-refractivity contribution in [1.82, 2.24) is 24.2 Å². The SMILES string of the molecule is CCC(CCN(C)CCCC(=O)O)CCN(C)C(=O)c1ccc(Nc2nccn3c(-c4ccc(OC(F)F)cc4)cnc23)cc1C. The van der Waals surface area contributed by atoms with Crippen LogP contribution in [0.1, 0.15) is 54.9 Å². The number of halogens is 2. The first-order valence-corrected chi connectivity index (χ1v) is 15.5. The lowest BCUT2D eigenvalue weighted by atomic mass is 9.97. The van der Waals surface area contributed by atoms with Crippen molar-refractivity contribution in [1.29, 1.82) is 0 Å². The summed E-state index contributed by atoms with van der Waals surface area (Å²) in [6.07, 6.45) is 8.87. The summed E-state index contributed by atoms with van der Waals surface area (Å²) >= 11 is 0. The van der Waals surface area contributed by atoms with Crippen molar-refractivity contribution in [3.63, 3.8) is 0 Å². The summed E-state index contributed by atoms with van der Waals surface area (Å²) in [6.45, 7) is 3.50. The number of carboxylic acids is 1. The van der Waals surface area contributed by atoms with Crippen molar-refractivity contribution >= 4 is 29.0 Å². The van der Waals surface area contributed by atoms with Gasteiger partial charge in [0.25, 0.3) is 5.91 Å². The summed E-state index contributed by atoms with van der Waals surface area (Å²) in [4.78, 5) is 37.0. The number of carbonyl (C=O) groups excluding carboxylic acids is 1. The second-order valence-corrected chi connectivity index (χ2v) is 11.5. The topological polar surface area (TPSA) is 112 Å². The fourth-order valence-corrected chi connectivity index (χ4v) is 5.40. The highest BCUT2D eigenvalue weighted by molar-refractivity contribution is 5.96. The third kappa shape index (κ3) is 9.23. The van der Waals surface area contributed by atoms with Gasteiger partial charge in [-0.15, -0.1) is 0 Å². The van der Waals surface area contributed by atoms with Crippen LogP contribution < -0.4 is 10.1 Å². The summed E-state index contributed by atoms with van der Waals surface area (Å²) in [7, 11) is 3.85. The van der Waals surface area contributed by atoms with E-state index in [0.717, 1.165) is 54.9 Å². The number of amides is 1. The minimum atomic E-state index is -2.88. The fourth-order valence-electron chi connectivity index (χ4n) is 5.40. The summed E-state index contributed by atoms with van der Waals surface area (Å²) in [5.74, 6) is 0.285. The summed E-state index contributed by atoms with van der Waals surface area (Å²) in [5, 5.41) is 12.1. The molecular formula is C34H42F2N6O4. The van der Waals surface area contributed by atoms with Gasteiger partial charge in [-0.25, -0.2) is 9.97 Å². The monoisotopic (exact) mass is 636 g/mol. The van der Waals surface area contributed by atoms with Crippen LogP contribution >= 0.6 is 0 Å². The number of fused-ring (bicyclic) bond motifs is 1. The molecule has 10 nitrogen and oxygen atoms in total. The molecule has 4 rings (SSSR count). The van der Waals surface area contributed by atoms with E-state index < -0.39 is 12.6 Å². The minimum absolute atomic E-state index is 0.0345. The Balaban J connectivity index is 1.36. The van der Waals surface area contributed by atoms with E-state index in [9.17, 15) is 18.4 Å². The standard InChI is InChI=1S/C34H42F2N6O4/c1-5-24(14-18-40(3)17-6-7-30(43)44)15-19-41(4)33(45)28-13-10-26(21-23(28)2)39-31-32-38-22-29(42(32)20-16-37-31)25-8-11-27(12-9-25)46-34(35)36/h8-13,16,20-22,24,34H,5-7,14-15,17-19H2,1-4H3,(H,37,39)(H,43,44). The van der Waals surface area contributed by atoms with Crippen molar-refractivity contribution in [3.05, 3.63) is 72.2 Å². The number of aliphatic carboxylic acids is 1. The van der Waals surface area contributed by atoms with E-state index in [1.165, 1.54) is 12.1 Å². The molecule has 0 aliphatic carbocycles. The maximum Gasteiger partial charge on any atom is 0.387 e. The zero-order valence-corrected chi connectivity index (χ0v) is 26.7. The highest BCUT2D eigenvalue weighted by Gasteiger charge is 2.18. The number of carbonyl (C=O) groups is 2. The van der Waals surface area contributed by atoms with Gasteiger partial charge in [0.1, 0.15) is 5.75 Å². The van der Waals surface area contributed by atoms with Gasteiger partial charge in [-0.1, -0.05) is 13.3 Å². The highest BCUT2D eigenvalue weighted by Crippen LogP contribution is 2.28. The first kappa shape index (κ1) is 34.3. The number of nitrogens with one attached hydrogen (secondary N) is 1. The second-order valence-electron chi connectivity index (χ2n) is 11.5. The normalized spacial score (nSPS) is 12.1. The van der Waals surface area contributed by atoms with Crippen LogP contribution in [0, 0.1) is 12.8 Å². The van der Waals surface area contributed by atoms with Crippen LogP contribution in [-0.2, 0) is 4.79 Å². The largest absolute Gasteiger partial charge is 0.481 e. The Morgan fingerprint density at radius 3 is 2.46 bits per heavy atom. The minimum Gasteiger partial charge on any atom is -0.481 e. The van der Waals surface area contributed by atoms with Gasteiger partial charge in [0.2, 0.25) is 0 Å². The number of hydrogen-bond acceptors (Lipinski definition) is 7. The van der Waals surface area contributed by atoms with Crippen molar-refractivity contribution in [3.8, 4) is 17.0 Å². The maximum absolute atomic E-state index is 13.3. The zero-order chi connectivity index (χ0) is 33.2. The fraction of sp³-hybridized carbons (Fsp3) is 0.412. The molecule has 2 heterocycles. The summed E-state index contributed by atoms with van der Waals surface area (Å²) in [6, 6.07) is 11.9. The van der Waals surface area contributed by atoms with E-state index in [1.807, 2.05) is 43.6 Å². The van der Waals surface area contributed by atoms with Gasteiger partial charge < -0.3 is 25.0 Å². The first-order chi connectivity index (χ1) is 22.0. The molecule has 1 amide bonds. The van der Waals surface area contributed by atoms with Crippen LogP contribution in [0.5, 0.6) is 5.75 Å². The highest BCUT2D eigenvalue weighted by atomic mass is 19.3. The van der Waals surface area contributed by atoms with Crippen molar-refractivity contribution in [2.75, 3.05) is 39.0 Å². The molecule has 0 spiro atoms. The zero-order valence-electron chi connectivity index (χ0n) is 26.7. The lowest BCUT2D eigenvalue weighted by Gasteiger charge is -2.24. The molecule has 46 heavy (non-hydrogen) atoms. The third-order valence-electron chi connectivity index (χ3n) is 8.17. The molecule has 2 aromatic carbocycles. The molecule has 2 N–H and O–H groups in total. The number of benzene rings is 2. The van der Waals surface area contributed by atoms with Crippen molar-refractivity contribution < 1.29 is 28.2 Å². The maximum atomic E-state index is 13.3. The van der Waals surface area contributed by atoms with Crippen LogP contribution in [0.4, 0.5) is 20.3 Å². The molecule has 0 fully saturated rings. The molecule has 4 aromatic rings. The Morgan fingerprint density at radius 1 is 1.04 bits per heavy atom. The predicted molar refractivity (Wildman–Crippen MR) is 174 cm³/mol. The number of nitrogens with zero attached hydrogens (tertiary/aromatic N) is 5. The molecular weight excluding hydrogens is 594 g/mol. The number of hydrogen-bond donors (Lipinski definition) is 2. The number of rotatable bonds is 17. The van der Waals surface area contributed by atoms with Crippen LogP contribution in [-0.4, -0.2) is 81.5 Å². The molecule has 2 aromatic heterocycles. The lowest BCUT2D eigenvalue weighted by Crippen LogP contribution is -2.30. The quantitative estimate of drug-likeness (QED) is 0.131. The molecule has 0 aliphatic heterocycles. The van der Waals surface area contributed by atoms with Gasteiger partial charge in [0.05, 0.1) is 11.9 Å². The van der Waals surface area contributed by atoms with Gasteiger partial charge in [0, 0.05) is 49.2 Å². The lowest BCUT2D eigenvalue weighted by molar-refractivity contribution is -0.137. The van der Waals surface area contributed by atoms with Gasteiger partial charge in [-0.2, -0.15) is 8.78 Å². The Morgan fingerprint density at radius 2 is 1.78 bits per heavy atom. The number of aromatic nitrogens is 3. The predicted octanol–water partition coefficient (Wildman–Crippen LogP) is 6.72. The van der Waals surface area contributed by atoms with E-state index in [4.69, 9.17) is 5.11 Å². The Kier molecular flexibility index (Phi) is 12.0. The second kappa shape index (κ2) is 16.1. The van der Waals surface area contributed by atoms with Crippen LogP contribution in [0.3, 0.4) is 0 Å². The molecule has 0 aliphatic rings. The smallest absolute Gasteiger partial charge is 0.387 e. The molecule has 0 saturated heterocycles. The molecule has 12 heteroatoms. The van der Waals surface area contributed by atoms with Crippen molar-refractivity contribution in [2.24, 2.45) is 5.92 Å². The summed E-state index contributed by atoms with van der Waals surface area (Å²) < 4.78 is 31.4. The van der Waals surface area contributed by atoms with E-state index >= 15 is 0 Å². The Hall–Kier alpha value is -4.58. The third-order valence-corrected chi connectivity index (χ3v) is 8.17. The number of alkyl halides is 2. The van der Waals surface area contributed by atoms with Gasteiger partial charge in [0.15, 0.2) is 11.5 Å². The van der Waals surface area contributed by atoms with E-state index in [2.05, 4.69) is 31.8 Å². The summed E-state index contributed by atoms with van der Waals surface area (Å²) in [5.41, 5.74) is 4.34. The Labute approximate surface area is 268 Å². The van der Waals surface area contributed by atoms with E-state index in [0.29, 0.717) is 35.9 Å². The molecule has 246 valence electrons. The number of ether oxygens (including phenoxy) is 1. The molecule has 0 bridgehead atoms. The van der Waals surface area contributed by atoms with Gasteiger partial charge >= 0.3 is 12.6 Å². The number of imidazole rings is 1. The van der Waals surface area contributed by atoms with E-state index in [1.54, 1.807) is 35.6 Å². The van der Waals surface area contributed by atoms with Gasteiger partial charge in [-0.05, 0) is 100 Å². The van der Waals surface area contributed by atoms with Crippen LogP contribution in [0.25, 0.3) is 16.9 Å². The average molecular weight is 637 g/mol. The van der Waals surface area contributed by atoms with Crippen molar-refractivity contribution in [2.45, 2.75) is 52.6 Å². The Bertz CT molecular complexity index is 1610. The number of anilines is 2. The molecule has 1 atom stereocenters. The number of carboxylic acid groups (broad SMARTS) is 1. The van der Waals surface area contributed by atoms with Crippen LogP contribution in [0.2, 0.25) is 0 Å². The van der Waals surface area contributed by atoms with E-state index in [-0.39, 0.29) is 18.1 Å². The van der Waals surface area contributed by atoms with Crippen LogP contribution in [0.15, 0.2) is 61.1 Å². The molecule has 0 saturated carbocycles. The average Bonchev–Trinajstić information content (AvgIpc) is 3.46. The van der Waals surface area contributed by atoms with Gasteiger partial charge in [-0.3, -0.25) is 14.0 Å². The molecule has 0 radical (unpaired) electrons. The first-order valence-electron chi connectivity index (χ1n) is 15.5.